The Hall–Kier alpha value is -0.300. The Morgan fingerprint density at radius 1 is 1.22 bits per heavy atom. The summed E-state index contributed by atoms with van der Waals surface area (Å²) in [5, 5.41) is 2.16. The highest BCUT2D eigenvalue weighted by Gasteiger charge is 1.84. The van der Waals surface area contributed by atoms with E-state index in [4.69, 9.17) is 0 Å². The first-order valence-electron chi connectivity index (χ1n) is 3.31. The van der Waals surface area contributed by atoms with Crippen molar-refractivity contribution in [2.45, 2.75) is 27.7 Å². The fraction of sp³-hybridized carbons (Fsp3) is 0.500. The molecule has 0 aromatic carbocycles. The van der Waals surface area contributed by atoms with Gasteiger partial charge in [0.2, 0.25) is 0 Å². The standard InChI is InChI=1S/C6H8S.C2H6/c1-5-3-6(2)7-4-5;1-2/h3-4H,1-2H3;1-2H3. The van der Waals surface area contributed by atoms with E-state index in [1.807, 2.05) is 13.8 Å². The molecule has 9 heavy (non-hydrogen) atoms. The third-order valence-corrected chi connectivity index (χ3v) is 1.84. The molecule has 0 aliphatic rings. The summed E-state index contributed by atoms with van der Waals surface area (Å²) in [4.78, 5) is 1.40. The fourth-order valence-electron chi connectivity index (χ4n) is 0.575. The van der Waals surface area contributed by atoms with Crippen LogP contribution in [0.25, 0.3) is 0 Å². The molecule has 0 saturated carbocycles. The zero-order valence-corrected chi connectivity index (χ0v) is 7.38. The maximum atomic E-state index is 2.19. The molecule has 1 heterocycles. The SMILES string of the molecule is CC.Cc1csc(C)c1. The van der Waals surface area contributed by atoms with Crippen LogP contribution in [0.15, 0.2) is 11.4 Å². The van der Waals surface area contributed by atoms with Crippen molar-refractivity contribution in [2.24, 2.45) is 0 Å². The second-order valence-electron chi connectivity index (χ2n) is 1.73. The van der Waals surface area contributed by atoms with Crippen LogP contribution in [0.3, 0.4) is 0 Å². The molecule has 0 N–H and O–H groups in total. The molecule has 1 heteroatoms. The Labute approximate surface area is 61.5 Å². The van der Waals surface area contributed by atoms with E-state index in [2.05, 4.69) is 25.3 Å². The van der Waals surface area contributed by atoms with Crippen LogP contribution in [-0.4, -0.2) is 0 Å². The van der Waals surface area contributed by atoms with Crippen LogP contribution in [0.2, 0.25) is 0 Å². The molecule has 0 spiro atoms. The highest BCUT2D eigenvalue weighted by molar-refractivity contribution is 7.10. The molecule has 0 radical (unpaired) electrons. The first kappa shape index (κ1) is 8.70. The highest BCUT2D eigenvalue weighted by Crippen LogP contribution is 2.10. The van der Waals surface area contributed by atoms with Gasteiger partial charge in [0.25, 0.3) is 0 Å². The van der Waals surface area contributed by atoms with Gasteiger partial charge < -0.3 is 0 Å². The number of aryl methyl sites for hydroxylation is 2. The minimum absolute atomic E-state index is 1.38. The van der Waals surface area contributed by atoms with E-state index >= 15 is 0 Å². The molecule has 0 aliphatic heterocycles. The van der Waals surface area contributed by atoms with Gasteiger partial charge in [-0.05, 0) is 30.9 Å². The molecule has 0 fully saturated rings. The number of rotatable bonds is 0. The van der Waals surface area contributed by atoms with E-state index in [0.29, 0.717) is 0 Å². The Morgan fingerprint density at radius 2 is 1.78 bits per heavy atom. The molecule has 1 aromatic heterocycles. The molecular weight excluding hydrogens is 128 g/mol. The maximum absolute atomic E-state index is 2.19. The monoisotopic (exact) mass is 142 g/mol. The van der Waals surface area contributed by atoms with Crippen LogP contribution in [0, 0.1) is 13.8 Å². The topological polar surface area (TPSA) is 0 Å². The van der Waals surface area contributed by atoms with Gasteiger partial charge in [0.15, 0.2) is 0 Å². The third kappa shape index (κ3) is 3.31. The van der Waals surface area contributed by atoms with Crippen LogP contribution in [0.5, 0.6) is 0 Å². The molecule has 1 aromatic rings. The lowest BCUT2D eigenvalue weighted by Gasteiger charge is -1.70. The molecule has 0 amide bonds. The van der Waals surface area contributed by atoms with Gasteiger partial charge in [-0.25, -0.2) is 0 Å². The minimum Gasteiger partial charge on any atom is -0.149 e. The quantitative estimate of drug-likeness (QED) is 0.521. The van der Waals surface area contributed by atoms with E-state index in [0.717, 1.165) is 0 Å². The van der Waals surface area contributed by atoms with Gasteiger partial charge in [-0.15, -0.1) is 11.3 Å². The van der Waals surface area contributed by atoms with Crippen molar-refractivity contribution in [1.82, 2.24) is 0 Å². The van der Waals surface area contributed by atoms with Crippen molar-refractivity contribution in [2.75, 3.05) is 0 Å². The predicted octanol–water partition coefficient (Wildman–Crippen LogP) is 3.39. The summed E-state index contributed by atoms with van der Waals surface area (Å²) in [7, 11) is 0. The van der Waals surface area contributed by atoms with Gasteiger partial charge in [-0.1, -0.05) is 13.8 Å². The van der Waals surface area contributed by atoms with E-state index < -0.39 is 0 Å². The Kier molecular flexibility index (Phi) is 4.41. The Morgan fingerprint density at radius 3 is 1.89 bits per heavy atom. The lowest BCUT2D eigenvalue weighted by Crippen LogP contribution is -1.53. The van der Waals surface area contributed by atoms with Gasteiger partial charge in [0.05, 0.1) is 0 Å². The summed E-state index contributed by atoms with van der Waals surface area (Å²) < 4.78 is 0. The van der Waals surface area contributed by atoms with Gasteiger partial charge in [-0.2, -0.15) is 0 Å². The first-order chi connectivity index (χ1) is 4.29. The van der Waals surface area contributed by atoms with Gasteiger partial charge in [-0.3, -0.25) is 0 Å². The third-order valence-electron chi connectivity index (χ3n) is 0.862. The summed E-state index contributed by atoms with van der Waals surface area (Å²) in [6.45, 7) is 8.24. The summed E-state index contributed by atoms with van der Waals surface area (Å²) in [6, 6.07) is 2.19. The van der Waals surface area contributed by atoms with Crippen molar-refractivity contribution in [1.29, 1.82) is 0 Å². The Bertz CT molecular complexity index is 137. The maximum Gasteiger partial charge on any atom is 0.00169 e. The summed E-state index contributed by atoms with van der Waals surface area (Å²) in [5.74, 6) is 0. The van der Waals surface area contributed by atoms with Crippen LogP contribution < -0.4 is 0 Å². The largest absolute Gasteiger partial charge is 0.149 e. The highest BCUT2D eigenvalue weighted by atomic mass is 32.1. The molecule has 0 aliphatic carbocycles. The fourth-order valence-corrected chi connectivity index (χ4v) is 1.27. The zero-order valence-electron chi connectivity index (χ0n) is 6.56. The second kappa shape index (κ2) is 4.57. The first-order valence-corrected chi connectivity index (χ1v) is 4.19. The predicted molar refractivity (Wildman–Crippen MR) is 45.1 cm³/mol. The van der Waals surface area contributed by atoms with E-state index in [1.165, 1.54) is 10.4 Å². The molecule has 0 saturated heterocycles. The average Bonchev–Trinajstić information content (AvgIpc) is 2.20. The van der Waals surface area contributed by atoms with Gasteiger partial charge in [0.1, 0.15) is 0 Å². The summed E-state index contributed by atoms with van der Waals surface area (Å²) >= 11 is 1.80. The molecule has 0 atom stereocenters. The lowest BCUT2D eigenvalue weighted by atomic mass is 10.4. The molecule has 0 nitrogen and oxygen atoms in total. The average molecular weight is 142 g/mol. The van der Waals surface area contributed by atoms with Gasteiger partial charge in [0, 0.05) is 4.88 Å². The summed E-state index contributed by atoms with van der Waals surface area (Å²) in [5.41, 5.74) is 1.38. The smallest absolute Gasteiger partial charge is 0.00169 e. The number of thiophene rings is 1. The van der Waals surface area contributed by atoms with E-state index in [1.54, 1.807) is 11.3 Å². The number of hydrogen-bond acceptors (Lipinski definition) is 1. The van der Waals surface area contributed by atoms with E-state index in [-0.39, 0.29) is 0 Å². The second-order valence-corrected chi connectivity index (χ2v) is 2.85. The minimum atomic E-state index is 1.38. The molecular formula is C8H14S. The van der Waals surface area contributed by atoms with Crippen LogP contribution >= 0.6 is 11.3 Å². The molecule has 0 unspecified atom stereocenters. The van der Waals surface area contributed by atoms with Gasteiger partial charge >= 0.3 is 0 Å². The molecule has 52 valence electrons. The zero-order chi connectivity index (χ0) is 7.28. The normalized spacial score (nSPS) is 8.00. The van der Waals surface area contributed by atoms with Crippen molar-refractivity contribution < 1.29 is 0 Å². The van der Waals surface area contributed by atoms with Crippen molar-refractivity contribution in [3.8, 4) is 0 Å². The summed E-state index contributed by atoms with van der Waals surface area (Å²) in [6.07, 6.45) is 0. The number of hydrogen-bond donors (Lipinski definition) is 0. The van der Waals surface area contributed by atoms with E-state index in [9.17, 15) is 0 Å². The molecule has 1 rings (SSSR count). The lowest BCUT2D eigenvalue weighted by molar-refractivity contribution is 1.50. The van der Waals surface area contributed by atoms with Crippen LogP contribution in [0.1, 0.15) is 24.3 Å². The van der Waals surface area contributed by atoms with Crippen molar-refractivity contribution in [3.63, 3.8) is 0 Å². The van der Waals surface area contributed by atoms with Crippen molar-refractivity contribution in [3.05, 3.63) is 21.9 Å². The van der Waals surface area contributed by atoms with Crippen molar-refractivity contribution >= 4 is 11.3 Å². The van der Waals surface area contributed by atoms with Crippen LogP contribution in [0.4, 0.5) is 0 Å². The Balaban J connectivity index is 0.000000291. The molecule has 0 bridgehead atoms. The van der Waals surface area contributed by atoms with Crippen LogP contribution in [-0.2, 0) is 0 Å².